The molecule has 0 saturated carbocycles. The molecule has 1 fully saturated rings. The Bertz CT molecular complexity index is 1560. The van der Waals surface area contributed by atoms with Crippen LogP contribution in [0.4, 0.5) is 0 Å². The summed E-state index contributed by atoms with van der Waals surface area (Å²) in [5.74, 6) is -1.23. The molecule has 8 unspecified atom stereocenters. The van der Waals surface area contributed by atoms with Crippen LogP contribution in [0.25, 0.3) is 0 Å². The van der Waals surface area contributed by atoms with E-state index in [1.54, 1.807) is 6.08 Å². The van der Waals surface area contributed by atoms with E-state index in [9.17, 15) is 35.1 Å². The highest BCUT2D eigenvalue weighted by molar-refractivity contribution is 5.80. The van der Waals surface area contributed by atoms with Gasteiger partial charge in [-0.25, -0.2) is 0 Å². The third-order valence-electron chi connectivity index (χ3n) is 15.3. The van der Waals surface area contributed by atoms with Crippen LogP contribution in [0.5, 0.6) is 0 Å². The summed E-state index contributed by atoms with van der Waals surface area (Å²) in [6, 6.07) is -1.05. The first kappa shape index (κ1) is 74.1. The third kappa shape index (κ3) is 43.5. The Morgan fingerprint density at radius 2 is 0.911 bits per heavy atom. The van der Waals surface area contributed by atoms with Gasteiger partial charge in [0.1, 0.15) is 24.4 Å². The Kier molecular flexibility index (Phi) is 52.2. The fraction of sp³-hybridized carbons (Fsp3) is 0.794. The molecular weight excluding hydrogens is 991 g/mol. The molecule has 1 heterocycles. The van der Waals surface area contributed by atoms with Crippen LogP contribution < -0.4 is 5.32 Å². The second-order valence-corrected chi connectivity index (χ2v) is 22.6. The number of esters is 1. The highest BCUT2D eigenvalue weighted by Gasteiger charge is 2.47. The van der Waals surface area contributed by atoms with Crippen molar-refractivity contribution in [2.75, 3.05) is 13.2 Å². The van der Waals surface area contributed by atoms with Gasteiger partial charge in [0, 0.05) is 6.42 Å². The van der Waals surface area contributed by atoms with Gasteiger partial charge in [0.2, 0.25) is 5.91 Å². The highest BCUT2D eigenvalue weighted by Crippen LogP contribution is 2.26. The summed E-state index contributed by atoms with van der Waals surface area (Å²) in [6.45, 7) is 5.64. The molecule has 0 aromatic rings. The van der Waals surface area contributed by atoms with E-state index in [1.165, 1.54) is 180 Å². The number of aliphatic hydroxyl groups excluding tert-OH is 5. The summed E-state index contributed by atoms with van der Waals surface area (Å²) < 4.78 is 17.6. The molecule has 1 amide bonds. The lowest BCUT2D eigenvalue weighted by molar-refractivity contribution is -0.305. The Morgan fingerprint density at radius 3 is 1.37 bits per heavy atom. The normalized spacial score (nSPS) is 19.3. The first-order chi connectivity index (χ1) is 38.7. The smallest absolute Gasteiger partial charge is 0.306 e. The van der Waals surface area contributed by atoms with E-state index >= 15 is 0 Å². The van der Waals surface area contributed by atoms with Gasteiger partial charge in [0.25, 0.3) is 0 Å². The topological polar surface area (TPSA) is 175 Å². The molecule has 1 rings (SSSR count). The number of amides is 1. The van der Waals surface area contributed by atoms with Crippen molar-refractivity contribution in [2.45, 2.75) is 333 Å². The monoisotopic (exact) mass is 1110 g/mol. The van der Waals surface area contributed by atoms with Crippen LogP contribution in [0, 0.1) is 0 Å². The van der Waals surface area contributed by atoms with E-state index in [0.717, 1.165) is 57.8 Å². The van der Waals surface area contributed by atoms with Crippen molar-refractivity contribution in [3.8, 4) is 0 Å². The van der Waals surface area contributed by atoms with Crippen LogP contribution in [0.1, 0.15) is 284 Å². The Hall–Kier alpha value is -2.90. The summed E-state index contributed by atoms with van der Waals surface area (Å²) in [6.07, 6.45) is 61.0. The average molecular weight is 1110 g/mol. The Labute approximate surface area is 483 Å². The molecular formula is C68H121NO10. The van der Waals surface area contributed by atoms with E-state index in [4.69, 9.17) is 14.2 Å². The van der Waals surface area contributed by atoms with Crippen LogP contribution >= 0.6 is 0 Å². The van der Waals surface area contributed by atoms with Gasteiger partial charge in [-0.3, -0.25) is 9.59 Å². The van der Waals surface area contributed by atoms with Crippen LogP contribution in [0.2, 0.25) is 0 Å². The van der Waals surface area contributed by atoms with Gasteiger partial charge in [-0.15, -0.1) is 0 Å². The number of nitrogens with one attached hydrogen (secondary N) is 1. The molecule has 8 atom stereocenters. The molecule has 0 spiro atoms. The first-order valence-corrected chi connectivity index (χ1v) is 32.8. The molecule has 0 aliphatic carbocycles. The molecule has 6 N–H and O–H groups in total. The molecule has 79 heavy (non-hydrogen) atoms. The second kappa shape index (κ2) is 55.6. The molecule has 11 heteroatoms. The maximum Gasteiger partial charge on any atom is 0.306 e. The number of carbonyl (C=O) groups excluding carboxylic acids is 2. The number of hydrogen-bond acceptors (Lipinski definition) is 10. The number of aliphatic hydroxyl groups is 5. The van der Waals surface area contributed by atoms with Gasteiger partial charge in [-0.2, -0.15) is 0 Å². The maximum atomic E-state index is 13.4. The first-order valence-electron chi connectivity index (χ1n) is 32.8. The van der Waals surface area contributed by atoms with Crippen molar-refractivity contribution in [3.63, 3.8) is 0 Å². The number of carbonyl (C=O) groups is 2. The van der Waals surface area contributed by atoms with Crippen LogP contribution in [0.3, 0.4) is 0 Å². The highest BCUT2D eigenvalue weighted by atomic mass is 16.7. The van der Waals surface area contributed by atoms with Crippen molar-refractivity contribution in [3.05, 3.63) is 72.9 Å². The van der Waals surface area contributed by atoms with E-state index in [-0.39, 0.29) is 19.4 Å². The van der Waals surface area contributed by atoms with Crippen LogP contribution in [0.15, 0.2) is 72.9 Å². The molecule has 1 aliphatic heterocycles. The minimum absolute atomic E-state index is 0.119. The molecule has 0 radical (unpaired) electrons. The summed E-state index contributed by atoms with van der Waals surface area (Å²) >= 11 is 0. The third-order valence-corrected chi connectivity index (χ3v) is 15.3. The van der Waals surface area contributed by atoms with Gasteiger partial charge in [-0.05, 0) is 44.9 Å². The zero-order valence-electron chi connectivity index (χ0n) is 50.7. The second-order valence-electron chi connectivity index (χ2n) is 22.6. The molecule has 1 aliphatic rings. The standard InChI is InChI=1S/C68H121NO10/c1-4-7-10-13-16-19-22-25-27-28-29-30-31-32-33-34-35-38-41-44-47-50-53-56-63(73)79-66-65(75)64(74)62(57-70)78-68(66)77-58-59(60(71)54-51-48-45-42-39-36-24-21-18-15-12-9-6-3)69-67(76)61(72)55-52-49-46-43-40-37-26-23-20-17-14-11-8-5-2/h8,11,14,17,20,23,26,37,40,43,51,54,59-62,64-66,68,70-72,74-75H,4-7,9-10,12-13,15-16,18-19,21-22,24-25,27-36,38-39,41-42,44-50,52-53,55-58H2,1-3H3,(H,69,76)/b11-8+,17-14+,23-20-,37-26-,43-40+,54-51+. The number of rotatable bonds is 55. The molecule has 0 aromatic carbocycles. The number of ether oxygens (including phenoxy) is 3. The largest absolute Gasteiger partial charge is 0.454 e. The molecule has 458 valence electrons. The fourth-order valence-electron chi connectivity index (χ4n) is 10.1. The van der Waals surface area contributed by atoms with Crippen molar-refractivity contribution in [1.82, 2.24) is 5.32 Å². The predicted octanol–water partition coefficient (Wildman–Crippen LogP) is 16.0. The average Bonchev–Trinajstić information content (AvgIpc) is 3.49. The van der Waals surface area contributed by atoms with E-state index in [1.807, 2.05) is 60.8 Å². The number of unbranched alkanes of at least 4 members (excludes halogenated alkanes) is 35. The maximum absolute atomic E-state index is 13.4. The summed E-state index contributed by atoms with van der Waals surface area (Å²) in [4.78, 5) is 26.6. The van der Waals surface area contributed by atoms with Crippen LogP contribution in [-0.2, 0) is 23.8 Å². The quantitative estimate of drug-likeness (QED) is 0.0149. The summed E-state index contributed by atoms with van der Waals surface area (Å²) in [5, 5.41) is 57.0. The van der Waals surface area contributed by atoms with E-state index < -0.39 is 67.4 Å². The van der Waals surface area contributed by atoms with Crippen molar-refractivity contribution in [2.24, 2.45) is 0 Å². The fourth-order valence-corrected chi connectivity index (χ4v) is 10.1. The van der Waals surface area contributed by atoms with Gasteiger partial charge >= 0.3 is 5.97 Å². The minimum atomic E-state index is -1.62. The van der Waals surface area contributed by atoms with E-state index in [0.29, 0.717) is 12.8 Å². The number of allylic oxidation sites excluding steroid dienone is 11. The van der Waals surface area contributed by atoms with Crippen LogP contribution in [-0.4, -0.2) is 99.6 Å². The molecule has 0 bridgehead atoms. The van der Waals surface area contributed by atoms with Crippen molar-refractivity contribution >= 4 is 11.9 Å². The predicted molar refractivity (Wildman–Crippen MR) is 329 cm³/mol. The van der Waals surface area contributed by atoms with Crippen molar-refractivity contribution in [1.29, 1.82) is 0 Å². The van der Waals surface area contributed by atoms with Crippen molar-refractivity contribution < 1.29 is 49.3 Å². The Morgan fingerprint density at radius 1 is 0.506 bits per heavy atom. The SMILES string of the molecule is CC/C=C/C=C/C=C\C=C/C=C/CCCCC(O)C(=O)NC(COC1OC(CO)C(O)C(O)C1OC(=O)CCCCCCCCCCCCCCCCCCCCCCCCC)C(O)/C=C/CCCCCCCCCCCCC. The Balaban J connectivity index is 2.63. The molecule has 1 saturated heterocycles. The lowest BCUT2D eigenvalue weighted by Crippen LogP contribution is -2.61. The van der Waals surface area contributed by atoms with Gasteiger partial charge in [0.15, 0.2) is 12.4 Å². The minimum Gasteiger partial charge on any atom is -0.454 e. The molecule has 0 aromatic heterocycles. The number of hydrogen-bond donors (Lipinski definition) is 6. The lowest BCUT2D eigenvalue weighted by atomic mass is 9.99. The zero-order valence-corrected chi connectivity index (χ0v) is 50.7. The zero-order chi connectivity index (χ0) is 57.5. The van der Waals surface area contributed by atoms with Gasteiger partial charge in [0.05, 0.1) is 25.4 Å². The van der Waals surface area contributed by atoms with Gasteiger partial charge in [-0.1, -0.05) is 306 Å². The summed E-state index contributed by atoms with van der Waals surface area (Å²) in [7, 11) is 0. The summed E-state index contributed by atoms with van der Waals surface area (Å²) in [5.41, 5.74) is 0. The van der Waals surface area contributed by atoms with E-state index in [2.05, 4.69) is 32.2 Å². The lowest BCUT2D eigenvalue weighted by Gasteiger charge is -2.41. The van der Waals surface area contributed by atoms with Gasteiger partial charge < -0.3 is 45.1 Å². The molecule has 11 nitrogen and oxygen atoms in total.